The van der Waals surface area contributed by atoms with Crippen LogP contribution >= 0.6 is 0 Å². The number of hydrogen-bond donors (Lipinski definition) is 1. The number of hydrogen-bond acceptors (Lipinski definition) is 5. The van der Waals surface area contributed by atoms with Crippen molar-refractivity contribution in [1.82, 2.24) is 10.2 Å². The number of carbonyl (C=O) groups excluding carboxylic acids is 1. The highest BCUT2D eigenvalue weighted by Crippen LogP contribution is 2.19. The average Bonchev–Trinajstić information content (AvgIpc) is 3.07. The van der Waals surface area contributed by atoms with Gasteiger partial charge in [-0.1, -0.05) is 0 Å². The first-order valence-corrected chi connectivity index (χ1v) is 7.66. The fourth-order valence-electron chi connectivity index (χ4n) is 2.78. The van der Waals surface area contributed by atoms with Gasteiger partial charge in [0.1, 0.15) is 5.76 Å². The molecular formula is C16H26N2O3. The van der Waals surface area contributed by atoms with Crippen LogP contribution in [0.1, 0.15) is 48.6 Å². The molecule has 5 nitrogen and oxygen atoms in total. The Balaban J connectivity index is 2.04. The predicted molar refractivity (Wildman–Crippen MR) is 81.4 cm³/mol. The van der Waals surface area contributed by atoms with Crippen molar-refractivity contribution in [3.63, 3.8) is 0 Å². The van der Waals surface area contributed by atoms with Crippen LogP contribution in [0.25, 0.3) is 0 Å². The molecule has 0 amide bonds. The fourth-order valence-corrected chi connectivity index (χ4v) is 2.78. The summed E-state index contributed by atoms with van der Waals surface area (Å²) in [6.07, 6.45) is 2.48. The van der Waals surface area contributed by atoms with Crippen LogP contribution in [0.4, 0.5) is 0 Å². The molecule has 0 radical (unpaired) electrons. The number of carbonyl (C=O) groups is 1. The Morgan fingerprint density at radius 1 is 1.57 bits per heavy atom. The zero-order valence-electron chi connectivity index (χ0n) is 13.4. The summed E-state index contributed by atoms with van der Waals surface area (Å²) in [5.41, 5.74) is 0.833. The SMILES string of the molecule is COC(=O)c1oc(CN(CC2CCCN2)C(C)C)cc1C. The molecule has 1 aliphatic heterocycles. The van der Waals surface area contributed by atoms with Crippen molar-refractivity contribution in [2.45, 2.75) is 52.2 Å². The van der Waals surface area contributed by atoms with Gasteiger partial charge in [-0.25, -0.2) is 4.79 Å². The van der Waals surface area contributed by atoms with Crippen molar-refractivity contribution in [3.8, 4) is 0 Å². The van der Waals surface area contributed by atoms with Crippen molar-refractivity contribution in [2.24, 2.45) is 0 Å². The highest BCUT2D eigenvalue weighted by molar-refractivity contribution is 5.87. The van der Waals surface area contributed by atoms with E-state index in [0.29, 0.717) is 24.4 Å². The number of ether oxygens (including phenoxy) is 1. The molecule has 118 valence electrons. The molecule has 0 saturated carbocycles. The summed E-state index contributed by atoms with van der Waals surface area (Å²) in [7, 11) is 1.37. The lowest BCUT2D eigenvalue weighted by molar-refractivity contribution is 0.0559. The van der Waals surface area contributed by atoms with Crippen molar-refractivity contribution >= 4 is 5.97 Å². The van der Waals surface area contributed by atoms with Crippen LogP contribution in [0.3, 0.4) is 0 Å². The lowest BCUT2D eigenvalue weighted by Crippen LogP contribution is -2.40. The summed E-state index contributed by atoms with van der Waals surface area (Å²) >= 11 is 0. The Labute approximate surface area is 126 Å². The summed E-state index contributed by atoms with van der Waals surface area (Å²) in [6, 6.07) is 2.92. The first-order chi connectivity index (χ1) is 10.0. The van der Waals surface area contributed by atoms with Crippen LogP contribution in [0, 0.1) is 6.92 Å². The summed E-state index contributed by atoms with van der Waals surface area (Å²) in [5, 5.41) is 3.53. The van der Waals surface area contributed by atoms with E-state index in [-0.39, 0.29) is 0 Å². The van der Waals surface area contributed by atoms with Crippen molar-refractivity contribution < 1.29 is 13.9 Å². The molecule has 0 aliphatic carbocycles. The maximum Gasteiger partial charge on any atom is 0.374 e. The van der Waals surface area contributed by atoms with Crippen LogP contribution in [0.5, 0.6) is 0 Å². The number of rotatable bonds is 6. The van der Waals surface area contributed by atoms with Gasteiger partial charge in [0.15, 0.2) is 0 Å². The van der Waals surface area contributed by atoms with E-state index in [1.807, 2.05) is 13.0 Å². The molecule has 1 aliphatic rings. The van der Waals surface area contributed by atoms with Gasteiger partial charge in [-0.3, -0.25) is 4.90 Å². The second-order valence-electron chi connectivity index (χ2n) is 6.03. The molecule has 0 aromatic carbocycles. The van der Waals surface area contributed by atoms with E-state index in [1.165, 1.54) is 20.0 Å². The molecule has 1 atom stereocenters. The van der Waals surface area contributed by atoms with E-state index in [4.69, 9.17) is 9.15 Å². The highest BCUT2D eigenvalue weighted by Gasteiger charge is 2.22. The van der Waals surface area contributed by atoms with Crippen molar-refractivity contribution in [2.75, 3.05) is 20.2 Å². The zero-order valence-corrected chi connectivity index (χ0v) is 13.4. The number of furan rings is 1. The molecule has 1 aromatic heterocycles. The van der Waals surface area contributed by atoms with Crippen LogP contribution in [-0.4, -0.2) is 43.2 Å². The predicted octanol–water partition coefficient (Wildman–Crippen LogP) is 2.34. The maximum absolute atomic E-state index is 11.6. The standard InChI is InChI=1S/C16H26N2O3/c1-11(2)18(9-13-6-5-7-17-13)10-14-8-12(3)15(21-14)16(19)20-4/h8,11,13,17H,5-7,9-10H2,1-4H3. The summed E-state index contributed by atoms with van der Waals surface area (Å²) in [5.74, 6) is 0.724. The topological polar surface area (TPSA) is 54.7 Å². The third-order valence-corrected chi connectivity index (χ3v) is 4.05. The van der Waals surface area contributed by atoms with Gasteiger partial charge in [-0.2, -0.15) is 0 Å². The summed E-state index contributed by atoms with van der Waals surface area (Å²) in [4.78, 5) is 14.0. The Morgan fingerprint density at radius 2 is 2.33 bits per heavy atom. The van der Waals surface area contributed by atoms with Gasteiger partial charge in [0, 0.05) is 24.2 Å². The minimum Gasteiger partial charge on any atom is -0.463 e. The Morgan fingerprint density at radius 3 is 2.90 bits per heavy atom. The van der Waals surface area contributed by atoms with E-state index in [0.717, 1.165) is 24.4 Å². The van der Waals surface area contributed by atoms with E-state index in [2.05, 4.69) is 24.1 Å². The normalized spacial score (nSPS) is 18.7. The first-order valence-electron chi connectivity index (χ1n) is 7.66. The highest BCUT2D eigenvalue weighted by atomic mass is 16.5. The minimum atomic E-state index is -0.410. The van der Waals surface area contributed by atoms with E-state index >= 15 is 0 Å². The van der Waals surface area contributed by atoms with Crippen LogP contribution in [-0.2, 0) is 11.3 Å². The van der Waals surface area contributed by atoms with Gasteiger partial charge < -0.3 is 14.5 Å². The van der Waals surface area contributed by atoms with Crippen molar-refractivity contribution in [3.05, 3.63) is 23.2 Å². The molecule has 2 rings (SSSR count). The molecule has 0 spiro atoms. The molecule has 1 saturated heterocycles. The first kappa shape index (κ1) is 16.0. The van der Waals surface area contributed by atoms with Gasteiger partial charge in [0.2, 0.25) is 5.76 Å². The summed E-state index contributed by atoms with van der Waals surface area (Å²) in [6.45, 7) is 9.08. The van der Waals surface area contributed by atoms with E-state index < -0.39 is 5.97 Å². The van der Waals surface area contributed by atoms with Gasteiger partial charge in [0.05, 0.1) is 13.7 Å². The van der Waals surface area contributed by atoms with Crippen molar-refractivity contribution in [1.29, 1.82) is 0 Å². The van der Waals surface area contributed by atoms with Crippen LogP contribution < -0.4 is 5.32 Å². The molecule has 1 fully saturated rings. The van der Waals surface area contributed by atoms with Crippen LogP contribution in [0.15, 0.2) is 10.5 Å². The second kappa shape index (κ2) is 7.09. The number of nitrogens with one attached hydrogen (secondary N) is 1. The van der Waals surface area contributed by atoms with E-state index in [9.17, 15) is 4.79 Å². The molecule has 2 heterocycles. The van der Waals surface area contributed by atoms with Gasteiger partial charge in [-0.15, -0.1) is 0 Å². The number of esters is 1. The molecular weight excluding hydrogens is 268 g/mol. The number of methoxy groups -OCH3 is 1. The monoisotopic (exact) mass is 294 g/mol. The Bertz CT molecular complexity index is 476. The third-order valence-electron chi connectivity index (χ3n) is 4.05. The minimum absolute atomic E-state index is 0.315. The maximum atomic E-state index is 11.6. The largest absolute Gasteiger partial charge is 0.463 e. The third kappa shape index (κ3) is 4.08. The molecule has 1 N–H and O–H groups in total. The lowest BCUT2D eigenvalue weighted by Gasteiger charge is -2.28. The Kier molecular flexibility index (Phi) is 5.42. The smallest absolute Gasteiger partial charge is 0.374 e. The quantitative estimate of drug-likeness (QED) is 0.816. The van der Waals surface area contributed by atoms with Gasteiger partial charge in [-0.05, 0) is 46.2 Å². The Hall–Kier alpha value is -1.33. The summed E-state index contributed by atoms with van der Waals surface area (Å²) < 4.78 is 10.4. The van der Waals surface area contributed by atoms with Gasteiger partial charge in [0.25, 0.3) is 0 Å². The number of nitrogens with zero attached hydrogens (tertiary/aromatic N) is 1. The van der Waals surface area contributed by atoms with Gasteiger partial charge >= 0.3 is 5.97 Å². The van der Waals surface area contributed by atoms with Crippen LogP contribution in [0.2, 0.25) is 0 Å². The van der Waals surface area contributed by atoms with E-state index in [1.54, 1.807) is 0 Å². The molecule has 0 bridgehead atoms. The average molecular weight is 294 g/mol. The lowest BCUT2D eigenvalue weighted by atomic mass is 10.2. The zero-order chi connectivity index (χ0) is 15.4. The molecule has 5 heteroatoms. The second-order valence-corrected chi connectivity index (χ2v) is 6.03. The number of aryl methyl sites for hydroxylation is 1. The molecule has 1 aromatic rings. The fraction of sp³-hybridized carbons (Fsp3) is 0.688. The molecule has 1 unspecified atom stereocenters. The molecule has 21 heavy (non-hydrogen) atoms.